The standard InChI is InChI=1S/C12H12N2O/c1-2-10(6-14-5-4-13-9-14)12-8-15-7-11(12)3-1/h1-3,7-9H,4-6H2. The summed E-state index contributed by atoms with van der Waals surface area (Å²) < 4.78 is 5.22. The van der Waals surface area contributed by atoms with E-state index in [9.17, 15) is 0 Å². The Morgan fingerprint density at radius 2 is 2.33 bits per heavy atom. The molecule has 0 saturated carbocycles. The molecule has 0 saturated heterocycles. The molecule has 1 aromatic carbocycles. The molecule has 0 bridgehead atoms. The molecule has 2 aromatic rings. The summed E-state index contributed by atoms with van der Waals surface area (Å²) >= 11 is 0. The normalized spacial score (nSPS) is 15.3. The van der Waals surface area contributed by atoms with Gasteiger partial charge in [0.05, 0.1) is 25.4 Å². The number of fused-ring (bicyclic) bond motifs is 1. The van der Waals surface area contributed by atoms with Gasteiger partial charge in [-0.25, -0.2) is 0 Å². The molecule has 0 aliphatic carbocycles. The second-order valence-corrected chi connectivity index (χ2v) is 3.78. The van der Waals surface area contributed by atoms with Crippen LogP contribution in [0.15, 0.2) is 40.1 Å². The highest BCUT2D eigenvalue weighted by Gasteiger charge is 2.09. The van der Waals surface area contributed by atoms with Crippen LogP contribution in [0.25, 0.3) is 10.8 Å². The zero-order valence-corrected chi connectivity index (χ0v) is 8.39. The van der Waals surface area contributed by atoms with Gasteiger partial charge in [0.25, 0.3) is 0 Å². The lowest BCUT2D eigenvalue weighted by molar-refractivity contribution is 0.464. The summed E-state index contributed by atoms with van der Waals surface area (Å²) in [5, 5.41) is 2.38. The van der Waals surface area contributed by atoms with E-state index >= 15 is 0 Å². The Balaban J connectivity index is 1.95. The highest BCUT2D eigenvalue weighted by molar-refractivity contribution is 5.84. The molecule has 2 heterocycles. The Hall–Kier alpha value is -1.77. The number of furan rings is 1. The topological polar surface area (TPSA) is 28.7 Å². The van der Waals surface area contributed by atoms with Crippen molar-refractivity contribution in [2.45, 2.75) is 6.54 Å². The summed E-state index contributed by atoms with van der Waals surface area (Å²) in [5.41, 5.74) is 1.30. The van der Waals surface area contributed by atoms with Crippen LogP contribution in [0, 0.1) is 0 Å². The molecule has 15 heavy (non-hydrogen) atoms. The van der Waals surface area contributed by atoms with Gasteiger partial charge in [-0.15, -0.1) is 0 Å². The molecular weight excluding hydrogens is 188 g/mol. The lowest BCUT2D eigenvalue weighted by Gasteiger charge is -2.13. The minimum absolute atomic E-state index is 0.917. The first-order chi connectivity index (χ1) is 7.43. The van der Waals surface area contributed by atoms with E-state index in [1.807, 2.05) is 12.6 Å². The van der Waals surface area contributed by atoms with Gasteiger partial charge in [0.2, 0.25) is 0 Å². The molecule has 0 unspecified atom stereocenters. The van der Waals surface area contributed by atoms with Gasteiger partial charge in [-0.05, 0) is 5.56 Å². The van der Waals surface area contributed by atoms with E-state index in [0.717, 1.165) is 19.6 Å². The predicted octanol–water partition coefficient (Wildman–Crippen LogP) is 2.28. The first-order valence-corrected chi connectivity index (χ1v) is 5.11. The Morgan fingerprint density at radius 3 is 3.20 bits per heavy atom. The molecule has 0 spiro atoms. The first kappa shape index (κ1) is 8.53. The van der Waals surface area contributed by atoms with Crippen molar-refractivity contribution in [1.82, 2.24) is 4.90 Å². The van der Waals surface area contributed by atoms with E-state index in [0.29, 0.717) is 0 Å². The van der Waals surface area contributed by atoms with Crippen LogP contribution in [0.1, 0.15) is 5.56 Å². The van der Waals surface area contributed by atoms with Gasteiger partial charge >= 0.3 is 0 Å². The Morgan fingerprint density at radius 1 is 1.33 bits per heavy atom. The summed E-state index contributed by atoms with van der Waals surface area (Å²) in [5.74, 6) is 0. The van der Waals surface area contributed by atoms with Gasteiger partial charge < -0.3 is 9.32 Å². The molecule has 76 valence electrons. The minimum Gasteiger partial charge on any atom is -0.471 e. The van der Waals surface area contributed by atoms with Crippen LogP contribution in [0.5, 0.6) is 0 Å². The van der Waals surface area contributed by atoms with Gasteiger partial charge in [0, 0.05) is 23.9 Å². The number of nitrogens with zero attached hydrogens (tertiary/aromatic N) is 2. The monoisotopic (exact) mass is 200 g/mol. The highest BCUT2D eigenvalue weighted by Crippen LogP contribution is 2.21. The van der Waals surface area contributed by atoms with Crippen LogP contribution >= 0.6 is 0 Å². The molecule has 1 aliphatic rings. The van der Waals surface area contributed by atoms with Crippen LogP contribution in [0.4, 0.5) is 0 Å². The summed E-state index contributed by atoms with van der Waals surface area (Å²) in [6.07, 6.45) is 5.54. The van der Waals surface area contributed by atoms with Gasteiger partial charge in [0.15, 0.2) is 0 Å². The average Bonchev–Trinajstić information content (AvgIpc) is 2.87. The van der Waals surface area contributed by atoms with E-state index in [1.54, 1.807) is 6.26 Å². The maximum Gasteiger partial charge on any atom is 0.0984 e. The number of benzene rings is 1. The van der Waals surface area contributed by atoms with Crippen molar-refractivity contribution in [3.63, 3.8) is 0 Å². The van der Waals surface area contributed by atoms with Crippen LogP contribution in [-0.2, 0) is 6.54 Å². The minimum atomic E-state index is 0.917. The maximum atomic E-state index is 5.22. The van der Waals surface area contributed by atoms with Crippen LogP contribution in [0.3, 0.4) is 0 Å². The quantitative estimate of drug-likeness (QED) is 0.744. The summed E-state index contributed by atoms with van der Waals surface area (Å²) in [7, 11) is 0. The van der Waals surface area contributed by atoms with Gasteiger partial charge in [0.1, 0.15) is 0 Å². The lowest BCUT2D eigenvalue weighted by Crippen LogP contribution is -2.18. The van der Waals surface area contributed by atoms with Crippen LogP contribution in [-0.4, -0.2) is 24.3 Å². The lowest BCUT2D eigenvalue weighted by atomic mass is 10.1. The van der Waals surface area contributed by atoms with Crippen molar-refractivity contribution in [2.75, 3.05) is 13.1 Å². The summed E-state index contributed by atoms with van der Waals surface area (Å²) in [6.45, 7) is 2.86. The zero-order valence-electron chi connectivity index (χ0n) is 8.39. The van der Waals surface area contributed by atoms with Crippen molar-refractivity contribution in [1.29, 1.82) is 0 Å². The number of hydrogen-bond acceptors (Lipinski definition) is 3. The maximum absolute atomic E-state index is 5.22. The molecular formula is C12H12N2O. The van der Waals surface area contributed by atoms with Crippen molar-refractivity contribution in [3.05, 3.63) is 36.3 Å². The van der Waals surface area contributed by atoms with E-state index < -0.39 is 0 Å². The molecule has 1 aliphatic heterocycles. The van der Waals surface area contributed by atoms with Crippen molar-refractivity contribution >= 4 is 17.1 Å². The largest absolute Gasteiger partial charge is 0.471 e. The van der Waals surface area contributed by atoms with Crippen molar-refractivity contribution < 1.29 is 4.42 Å². The molecule has 0 fully saturated rings. The fourth-order valence-electron chi connectivity index (χ4n) is 1.95. The molecule has 3 rings (SSSR count). The summed E-state index contributed by atoms with van der Waals surface area (Å²) in [4.78, 5) is 6.43. The molecule has 1 aromatic heterocycles. The third kappa shape index (κ3) is 1.50. The third-order valence-electron chi connectivity index (χ3n) is 2.75. The van der Waals surface area contributed by atoms with Crippen LogP contribution < -0.4 is 0 Å². The number of hydrogen-bond donors (Lipinski definition) is 0. The van der Waals surface area contributed by atoms with E-state index in [1.165, 1.54) is 16.3 Å². The Labute approximate surface area is 88.0 Å². The molecule has 0 N–H and O–H groups in total. The predicted molar refractivity (Wildman–Crippen MR) is 60.0 cm³/mol. The molecule has 3 nitrogen and oxygen atoms in total. The smallest absolute Gasteiger partial charge is 0.0984 e. The molecule has 0 radical (unpaired) electrons. The van der Waals surface area contributed by atoms with E-state index in [-0.39, 0.29) is 0 Å². The van der Waals surface area contributed by atoms with E-state index in [4.69, 9.17) is 4.42 Å². The molecule has 0 atom stereocenters. The van der Waals surface area contributed by atoms with Crippen molar-refractivity contribution in [3.8, 4) is 0 Å². The molecule has 0 amide bonds. The number of rotatable bonds is 2. The third-order valence-corrected chi connectivity index (χ3v) is 2.75. The van der Waals surface area contributed by atoms with Crippen LogP contribution in [0.2, 0.25) is 0 Å². The molecule has 3 heteroatoms. The van der Waals surface area contributed by atoms with Gasteiger partial charge in [-0.3, -0.25) is 4.99 Å². The van der Waals surface area contributed by atoms with E-state index in [2.05, 4.69) is 28.1 Å². The average molecular weight is 200 g/mol. The highest BCUT2D eigenvalue weighted by atomic mass is 16.3. The van der Waals surface area contributed by atoms with Gasteiger partial charge in [-0.1, -0.05) is 18.2 Å². The second kappa shape index (κ2) is 3.42. The zero-order chi connectivity index (χ0) is 10.1. The van der Waals surface area contributed by atoms with Gasteiger partial charge in [-0.2, -0.15) is 0 Å². The van der Waals surface area contributed by atoms with Crippen molar-refractivity contribution in [2.24, 2.45) is 4.99 Å². The summed E-state index contributed by atoms with van der Waals surface area (Å²) in [6, 6.07) is 6.28. The SMILES string of the molecule is C1=NCCN1Cc1cccc2cocc12. The first-order valence-electron chi connectivity index (χ1n) is 5.11. The fraction of sp³-hybridized carbons (Fsp3) is 0.250. The Bertz CT molecular complexity index is 501. The fourth-order valence-corrected chi connectivity index (χ4v) is 1.95. The number of aliphatic imine (C=N–C) groups is 1. The second-order valence-electron chi connectivity index (χ2n) is 3.78. The Kier molecular flexibility index (Phi) is 1.95.